The van der Waals surface area contributed by atoms with E-state index in [-0.39, 0.29) is 11.6 Å². The molecular weight excluding hydrogens is 366 g/mol. The molecule has 0 unspecified atom stereocenters. The molecule has 8 heteroatoms. The Labute approximate surface area is 168 Å². The second kappa shape index (κ2) is 7.72. The molecule has 0 spiro atoms. The van der Waals surface area contributed by atoms with E-state index in [4.69, 9.17) is 10.2 Å². The van der Waals surface area contributed by atoms with Crippen LogP contribution in [0.4, 0.5) is 11.6 Å². The molecule has 1 atom stereocenters. The summed E-state index contributed by atoms with van der Waals surface area (Å²) < 4.78 is 1.58. The summed E-state index contributed by atoms with van der Waals surface area (Å²) in [5.41, 5.74) is 2.73. The van der Waals surface area contributed by atoms with Crippen molar-refractivity contribution >= 4 is 11.6 Å². The minimum absolute atomic E-state index is 0.125. The van der Waals surface area contributed by atoms with Crippen LogP contribution >= 0.6 is 0 Å². The van der Waals surface area contributed by atoms with Crippen molar-refractivity contribution in [1.29, 1.82) is 5.26 Å². The zero-order chi connectivity index (χ0) is 20.4. The van der Waals surface area contributed by atoms with Gasteiger partial charge in [0, 0.05) is 50.7 Å². The van der Waals surface area contributed by atoms with Crippen molar-refractivity contribution < 1.29 is 0 Å². The molecule has 0 radical (unpaired) electrons. The number of piperazine rings is 1. The number of anilines is 2. The Balaban J connectivity index is 1.62. The van der Waals surface area contributed by atoms with Crippen LogP contribution in [0.2, 0.25) is 0 Å². The number of nitrogens with zero attached hydrogens (tertiary/aromatic N) is 7. The maximum atomic E-state index is 12.6. The molecule has 0 N–H and O–H groups in total. The molecule has 146 valence electrons. The van der Waals surface area contributed by atoms with Crippen LogP contribution in [0.5, 0.6) is 0 Å². The van der Waals surface area contributed by atoms with Gasteiger partial charge in [-0.25, -0.2) is 15.0 Å². The van der Waals surface area contributed by atoms with Crippen LogP contribution < -0.4 is 15.4 Å². The van der Waals surface area contributed by atoms with E-state index in [9.17, 15) is 4.79 Å². The summed E-state index contributed by atoms with van der Waals surface area (Å²) in [6, 6.07) is 13.2. The quantitative estimate of drug-likeness (QED) is 0.677. The van der Waals surface area contributed by atoms with Gasteiger partial charge in [-0.15, -0.1) is 0 Å². The molecule has 3 heterocycles. The first-order valence-corrected chi connectivity index (χ1v) is 9.43. The third-order valence-corrected chi connectivity index (χ3v) is 5.18. The second-order valence-electron chi connectivity index (χ2n) is 7.08. The van der Waals surface area contributed by atoms with Crippen LogP contribution in [0.25, 0.3) is 11.4 Å². The summed E-state index contributed by atoms with van der Waals surface area (Å²) in [6.45, 7) is 4.37. The van der Waals surface area contributed by atoms with E-state index >= 15 is 0 Å². The first-order chi connectivity index (χ1) is 14.1. The highest BCUT2D eigenvalue weighted by Gasteiger charge is 2.27. The maximum Gasteiger partial charge on any atom is 0.255 e. The van der Waals surface area contributed by atoms with Gasteiger partial charge in [-0.2, -0.15) is 5.26 Å². The van der Waals surface area contributed by atoms with Crippen molar-refractivity contribution in [3.63, 3.8) is 0 Å². The second-order valence-corrected chi connectivity index (χ2v) is 7.08. The average Bonchev–Trinajstić information content (AvgIpc) is 2.76. The van der Waals surface area contributed by atoms with E-state index in [1.165, 1.54) is 12.4 Å². The lowest BCUT2D eigenvalue weighted by Crippen LogP contribution is -2.53. The third kappa shape index (κ3) is 3.67. The summed E-state index contributed by atoms with van der Waals surface area (Å²) in [5, 5.41) is 9.15. The lowest BCUT2D eigenvalue weighted by atomic mass is 10.1. The van der Waals surface area contributed by atoms with E-state index in [0.29, 0.717) is 29.4 Å². The van der Waals surface area contributed by atoms with E-state index in [0.717, 1.165) is 18.8 Å². The molecule has 8 nitrogen and oxygen atoms in total. The minimum atomic E-state index is -0.125. The Morgan fingerprint density at radius 3 is 2.76 bits per heavy atom. The smallest absolute Gasteiger partial charge is 0.255 e. The standard InChI is InChI=1S/C21H21N7O/c1-15-13-27(17-5-3-4-16(10-17)12-22)8-9-28(15)21-25-19(11-20(29)26(21)2)18-6-7-23-14-24-18/h3-7,10-11,14-15H,8-9,13H2,1-2H3/t15-/m1/s1. The predicted molar refractivity (Wildman–Crippen MR) is 111 cm³/mol. The van der Waals surface area contributed by atoms with Crippen molar-refractivity contribution in [3.05, 3.63) is 64.8 Å². The fourth-order valence-electron chi connectivity index (χ4n) is 3.62. The molecule has 1 aromatic carbocycles. The van der Waals surface area contributed by atoms with Gasteiger partial charge in [0.1, 0.15) is 6.33 Å². The number of benzene rings is 1. The van der Waals surface area contributed by atoms with Crippen LogP contribution in [0.3, 0.4) is 0 Å². The number of rotatable bonds is 3. The summed E-state index contributed by atoms with van der Waals surface area (Å²) in [5.74, 6) is 0.629. The van der Waals surface area contributed by atoms with Crippen LogP contribution in [0.1, 0.15) is 12.5 Å². The van der Waals surface area contributed by atoms with Gasteiger partial charge < -0.3 is 9.80 Å². The first-order valence-electron chi connectivity index (χ1n) is 9.43. The van der Waals surface area contributed by atoms with Crippen molar-refractivity contribution in [2.24, 2.45) is 7.05 Å². The van der Waals surface area contributed by atoms with Crippen molar-refractivity contribution in [2.75, 3.05) is 29.4 Å². The molecule has 1 aliphatic rings. The topological polar surface area (TPSA) is 90.9 Å². The highest BCUT2D eigenvalue weighted by Crippen LogP contribution is 2.24. The fraction of sp³-hybridized carbons (Fsp3) is 0.286. The number of aromatic nitrogens is 4. The maximum absolute atomic E-state index is 12.6. The molecular formula is C21H21N7O. The first kappa shape index (κ1) is 18.6. The monoisotopic (exact) mass is 387 g/mol. The molecule has 0 amide bonds. The van der Waals surface area contributed by atoms with Crippen molar-refractivity contribution in [3.8, 4) is 17.5 Å². The Morgan fingerprint density at radius 2 is 2.03 bits per heavy atom. The largest absolute Gasteiger partial charge is 0.368 e. The number of hydrogen-bond donors (Lipinski definition) is 0. The summed E-state index contributed by atoms with van der Waals surface area (Å²) in [4.78, 5) is 29.8. The van der Waals surface area contributed by atoms with E-state index in [2.05, 4.69) is 32.8 Å². The molecule has 3 aromatic rings. The third-order valence-electron chi connectivity index (χ3n) is 5.18. The van der Waals surface area contributed by atoms with Gasteiger partial charge in [0.05, 0.1) is 23.0 Å². The molecule has 29 heavy (non-hydrogen) atoms. The molecule has 0 bridgehead atoms. The summed E-state index contributed by atoms with van der Waals surface area (Å²) >= 11 is 0. The summed E-state index contributed by atoms with van der Waals surface area (Å²) in [7, 11) is 1.74. The summed E-state index contributed by atoms with van der Waals surface area (Å²) in [6.07, 6.45) is 3.09. The lowest BCUT2D eigenvalue weighted by molar-refractivity contribution is 0.529. The zero-order valence-corrected chi connectivity index (χ0v) is 16.4. The van der Waals surface area contributed by atoms with E-state index in [1.54, 1.807) is 23.9 Å². The molecule has 1 saturated heterocycles. The van der Waals surface area contributed by atoms with Gasteiger partial charge in [0.25, 0.3) is 5.56 Å². The lowest BCUT2D eigenvalue weighted by Gasteiger charge is -2.42. The van der Waals surface area contributed by atoms with Gasteiger partial charge in [-0.05, 0) is 31.2 Å². The highest BCUT2D eigenvalue weighted by atomic mass is 16.1. The molecule has 1 fully saturated rings. The van der Waals surface area contributed by atoms with Crippen molar-refractivity contribution in [1.82, 2.24) is 19.5 Å². The van der Waals surface area contributed by atoms with Gasteiger partial charge >= 0.3 is 0 Å². The van der Waals surface area contributed by atoms with Crippen LogP contribution in [0, 0.1) is 11.3 Å². The molecule has 0 saturated carbocycles. The van der Waals surface area contributed by atoms with Crippen LogP contribution in [-0.2, 0) is 7.05 Å². The molecule has 1 aliphatic heterocycles. The van der Waals surface area contributed by atoms with Gasteiger partial charge in [-0.1, -0.05) is 6.07 Å². The van der Waals surface area contributed by atoms with E-state index < -0.39 is 0 Å². The number of hydrogen-bond acceptors (Lipinski definition) is 7. The minimum Gasteiger partial charge on any atom is -0.368 e. The molecule has 0 aliphatic carbocycles. The normalized spacial score (nSPS) is 16.5. The van der Waals surface area contributed by atoms with Gasteiger partial charge in [0.15, 0.2) is 0 Å². The average molecular weight is 387 g/mol. The predicted octanol–water partition coefficient (Wildman–Crippen LogP) is 1.82. The Kier molecular flexibility index (Phi) is 4.96. The SMILES string of the molecule is C[C@@H]1CN(c2cccc(C#N)c2)CCN1c1nc(-c2ccncn2)cc(=O)n1C. The molecule has 4 rings (SSSR count). The van der Waals surface area contributed by atoms with Gasteiger partial charge in [-0.3, -0.25) is 9.36 Å². The van der Waals surface area contributed by atoms with Gasteiger partial charge in [0.2, 0.25) is 5.95 Å². The van der Waals surface area contributed by atoms with Crippen LogP contribution in [0.15, 0.2) is 53.7 Å². The Bertz CT molecular complexity index is 1120. The van der Waals surface area contributed by atoms with Crippen molar-refractivity contribution in [2.45, 2.75) is 13.0 Å². The van der Waals surface area contributed by atoms with E-state index in [1.807, 2.05) is 24.3 Å². The fourth-order valence-corrected chi connectivity index (χ4v) is 3.62. The Hall–Kier alpha value is -3.73. The Morgan fingerprint density at radius 1 is 1.17 bits per heavy atom. The number of nitriles is 1. The highest BCUT2D eigenvalue weighted by molar-refractivity contribution is 5.57. The van der Waals surface area contributed by atoms with Crippen LogP contribution in [-0.4, -0.2) is 45.2 Å². The zero-order valence-electron chi connectivity index (χ0n) is 16.4. The molecule has 2 aromatic heterocycles.